The van der Waals surface area contributed by atoms with Gasteiger partial charge in [-0.25, -0.2) is 9.97 Å². The number of amides is 1. The maximum Gasteiger partial charge on any atom is 0.232 e. The molecule has 0 radical (unpaired) electrons. The minimum absolute atomic E-state index is 0.0886. The van der Waals surface area contributed by atoms with E-state index in [0.717, 1.165) is 49.0 Å². The summed E-state index contributed by atoms with van der Waals surface area (Å²) in [4.78, 5) is 25.7. The van der Waals surface area contributed by atoms with E-state index < -0.39 is 0 Å². The first-order valence-electron chi connectivity index (χ1n) is 9.30. The number of hydrogen-bond donors (Lipinski definition) is 1. The molecule has 1 N–H and O–H groups in total. The van der Waals surface area contributed by atoms with Gasteiger partial charge in [0.25, 0.3) is 0 Å². The number of rotatable bonds is 6. The summed E-state index contributed by atoms with van der Waals surface area (Å²) >= 11 is 2.99. The second kappa shape index (κ2) is 8.91. The Hall–Kier alpha value is -2.13. The smallest absolute Gasteiger partial charge is 0.232 e. The fraction of sp³-hybridized carbons (Fsp3) is 0.350. The van der Waals surface area contributed by atoms with Crippen molar-refractivity contribution in [2.45, 2.75) is 13.0 Å². The van der Waals surface area contributed by atoms with E-state index in [2.05, 4.69) is 56.4 Å². The maximum atomic E-state index is 12.1. The monoisotopic (exact) mass is 413 g/mol. The highest BCUT2D eigenvalue weighted by atomic mass is 32.1. The summed E-state index contributed by atoms with van der Waals surface area (Å²) in [6.45, 7) is 5.51. The van der Waals surface area contributed by atoms with Crippen LogP contribution in [-0.2, 0) is 17.8 Å². The minimum Gasteiger partial charge on any atom is -0.304 e. The van der Waals surface area contributed by atoms with Crippen molar-refractivity contribution in [1.82, 2.24) is 19.8 Å². The van der Waals surface area contributed by atoms with Crippen LogP contribution in [0.25, 0.3) is 10.6 Å². The summed E-state index contributed by atoms with van der Waals surface area (Å²) in [7, 11) is 2.18. The molecule has 0 spiro atoms. The lowest BCUT2D eigenvalue weighted by Crippen LogP contribution is -2.43. The molecule has 3 aromatic rings. The van der Waals surface area contributed by atoms with Gasteiger partial charge in [0.2, 0.25) is 5.91 Å². The molecular formula is C20H23N5OS2. The topological polar surface area (TPSA) is 61.4 Å². The van der Waals surface area contributed by atoms with E-state index >= 15 is 0 Å². The molecule has 2 aromatic heterocycles. The Morgan fingerprint density at radius 3 is 2.64 bits per heavy atom. The average Bonchev–Trinajstić information content (AvgIpc) is 3.36. The van der Waals surface area contributed by atoms with Crippen LogP contribution >= 0.6 is 22.7 Å². The number of piperazine rings is 1. The molecule has 3 heterocycles. The lowest BCUT2D eigenvalue weighted by atomic mass is 10.1. The van der Waals surface area contributed by atoms with Crippen LogP contribution in [0.4, 0.5) is 5.13 Å². The van der Waals surface area contributed by atoms with E-state index in [1.807, 2.05) is 10.8 Å². The third-order valence-electron chi connectivity index (χ3n) is 4.78. The third-order valence-corrected chi connectivity index (χ3v) is 6.40. The van der Waals surface area contributed by atoms with Gasteiger partial charge in [0.1, 0.15) is 5.01 Å². The van der Waals surface area contributed by atoms with Gasteiger partial charge in [-0.05, 0) is 12.6 Å². The number of hydrogen-bond acceptors (Lipinski definition) is 7. The highest BCUT2D eigenvalue weighted by Crippen LogP contribution is 2.25. The molecule has 8 heteroatoms. The van der Waals surface area contributed by atoms with Crippen molar-refractivity contribution in [1.29, 1.82) is 0 Å². The number of thiazole rings is 2. The Labute approximate surface area is 172 Å². The number of carbonyl (C=O) groups excluding carboxylic acids is 1. The van der Waals surface area contributed by atoms with Crippen LogP contribution in [0.15, 0.2) is 41.2 Å². The van der Waals surface area contributed by atoms with Crippen LogP contribution in [0.3, 0.4) is 0 Å². The molecule has 1 fully saturated rings. The number of carbonyl (C=O) groups is 1. The van der Waals surface area contributed by atoms with E-state index in [1.54, 1.807) is 17.5 Å². The Kier molecular flexibility index (Phi) is 6.11. The molecule has 0 aliphatic carbocycles. The van der Waals surface area contributed by atoms with Crippen LogP contribution in [0, 0.1) is 0 Å². The number of nitrogens with zero attached hydrogens (tertiary/aromatic N) is 4. The van der Waals surface area contributed by atoms with Crippen molar-refractivity contribution in [3.8, 4) is 10.6 Å². The number of likely N-dealkylation sites (N-methyl/N-ethyl adjacent to an activating group) is 1. The van der Waals surface area contributed by atoms with Crippen molar-refractivity contribution in [3.05, 3.63) is 52.5 Å². The van der Waals surface area contributed by atoms with Gasteiger partial charge in [0, 0.05) is 55.2 Å². The molecule has 0 unspecified atom stereocenters. The van der Waals surface area contributed by atoms with Crippen molar-refractivity contribution in [2.75, 3.05) is 38.5 Å². The lowest BCUT2D eigenvalue weighted by Gasteiger charge is -2.32. The second-order valence-corrected chi connectivity index (χ2v) is 8.74. The second-order valence-electron chi connectivity index (χ2n) is 6.98. The fourth-order valence-electron chi connectivity index (χ4n) is 3.15. The van der Waals surface area contributed by atoms with Crippen LogP contribution in [0.2, 0.25) is 0 Å². The number of nitrogens with one attached hydrogen (secondary N) is 1. The van der Waals surface area contributed by atoms with Crippen molar-refractivity contribution < 1.29 is 4.79 Å². The van der Waals surface area contributed by atoms with E-state index in [-0.39, 0.29) is 12.3 Å². The molecule has 6 nitrogen and oxygen atoms in total. The molecule has 1 aromatic carbocycles. The number of aromatic nitrogens is 2. The van der Waals surface area contributed by atoms with Gasteiger partial charge in [0.15, 0.2) is 5.13 Å². The molecule has 1 aliphatic rings. The standard InChI is InChI=1S/C20H23N5OS2/c1-24-7-9-25(10-8-24)13-15-2-4-16(5-3-15)19-22-17(14-28-19)12-18(26)23-20-21-6-11-27-20/h2-6,11,14H,7-10,12-13H2,1H3,(H,21,23,26). The fourth-order valence-corrected chi connectivity index (χ4v) is 4.52. The predicted octanol–water partition coefficient (Wildman–Crippen LogP) is 3.20. The zero-order valence-corrected chi connectivity index (χ0v) is 17.4. The molecule has 0 atom stereocenters. The van der Waals surface area contributed by atoms with Crippen molar-refractivity contribution in [2.24, 2.45) is 0 Å². The van der Waals surface area contributed by atoms with Gasteiger partial charge in [-0.2, -0.15) is 0 Å². The average molecular weight is 414 g/mol. The first-order valence-corrected chi connectivity index (χ1v) is 11.1. The summed E-state index contributed by atoms with van der Waals surface area (Å²) in [6.07, 6.45) is 1.94. The highest BCUT2D eigenvalue weighted by molar-refractivity contribution is 7.13. The van der Waals surface area contributed by atoms with E-state index in [0.29, 0.717) is 5.13 Å². The normalized spacial score (nSPS) is 15.6. The van der Waals surface area contributed by atoms with Crippen LogP contribution in [0.5, 0.6) is 0 Å². The molecule has 4 rings (SSSR count). The summed E-state index contributed by atoms with van der Waals surface area (Å²) < 4.78 is 0. The van der Waals surface area contributed by atoms with E-state index in [9.17, 15) is 4.79 Å². The maximum absolute atomic E-state index is 12.1. The van der Waals surface area contributed by atoms with E-state index in [1.165, 1.54) is 16.9 Å². The quantitative estimate of drug-likeness (QED) is 0.672. The lowest BCUT2D eigenvalue weighted by molar-refractivity contribution is -0.115. The van der Waals surface area contributed by atoms with Gasteiger partial charge in [0.05, 0.1) is 12.1 Å². The van der Waals surface area contributed by atoms with Crippen LogP contribution < -0.4 is 5.32 Å². The molecule has 146 valence electrons. The van der Waals surface area contributed by atoms with Gasteiger partial charge < -0.3 is 10.2 Å². The van der Waals surface area contributed by atoms with Gasteiger partial charge >= 0.3 is 0 Å². The third kappa shape index (κ3) is 5.02. The Bertz CT molecular complexity index is 899. The molecule has 28 heavy (non-hydrogen) atoms. The molecule has 1 amide bonds. The minimum atomic E-state index is -0.0886. The molecule has 1 saturated heterocycles. The van der Waals surface area contributed by atoms with Gasteiger partial charge in [-0.15, -0.1) is 22.7 Å². The summed E-state index contributed by atoms with van der Waals surface area (Å²) in [6, 6.07) is 8.63. The van der Waals surface area contributed by atoms with Gasteiger partial charge in [-0.1, -0.05) is 24.3 Å². The summed E-state index contributed by atoms with van der Waals surface area (Å²) in [5.74, 6) is -0.0886. The molecule has 0 bridgehead atoms. The molecule has 1 aliphatic heterocycles. The highest BCUT2D eigenvalue weighted by Gasteiger charge is 2.14. The Morgan fingerprint density at radius 2 is 1.93 bits per heavy atom. The van der Waals surface area contributed by atoms with Crippen LogP contribution in [-0.4, -0.2) is 58.9 Å². The Morgan fingerprint density at radius 1 is 1.14 bits per heavy atom. The zero-order valence-electron chi connectivity index (χ0n) is 15.8. The summed E-state index contributed by atoms with van der Waals surface area (Å²) in [5.41, 5.74) is 3.21. The van der Waals surface area contributed by atoms with Crippen molar-refractivity contribution in [3.63, 3.8) is 0 Å². The zero-order chi connectivity index (χ0) is 19.3. The molecule has 0 saturated carbocycles. The predicted molar refractivity (Wildman–Crippen MR) is 115 cm³/mol. The Balaban J connectivity index is 1.33. The van der Waals surface area contributed by atoms with Crippen LogP contribution in [0.1, 0.15) is 11.3 Å². The van der Waals surface area contributed by atoms with Gasteiger partial charge in [-0.3, -0.25) is 9.69 Å². The summed E-state index contributed by atoms with van der Waals surface area (Å²) in [5, 5.41) is 8.15. The number of benzene rings is 1. The largest absolute Gasteiger partial charge is 0.304 e. The van der Waals surface area contributed by atoms with E-state index in [4.69, 9.17) is 0 Å². The molecular weight excluding hydrogens is 390 g/mol. The SMILES string of the molecule is CN1CCN(Cc2ccc(-c3nc(CC(=O)Nc4nccs4)cs3)cc2)CC1. The first-order chi connectivity index (χ1) is 13.7. The van der Waals surface area contributed by atoms with Crippen molar-refractivity contribution >= 4 is 33.7 Å². The number of anilines is 1. The first kappa shape index (κ1) is 19.2.